The molecule has 0 saturated carbocycles. The smallest absolute Gasteiger partial charge is 0.139 e. The van der Waals surface area contributed by atoms with Crippen molar-refractivity contribution in [3.8, 4) is 11.1 Å². The lowest BCUT2D eigenvalue weighted by molar-refractivity contribution is 1.17. The molecule has 6 aromatic rings. The van der Waals surface area contributed by atoms with Gasteiger partial charge in [0.05, 0.1) is 45.3 Å². The molecule has 0 fully saturated rings. The van der Waals surface area contributed by atoms with Crippen LogP contribution in [0, 0.1) is 0 Å². The topological polar surface area (TPSA) is 55.3 Å². The zero-order valence-electron chi connectivity index (χ0n) is 29.8. The Morgan fingerprint density at radius 1 is 0.426 bits per heavy atom. The zero-order chi connectivity index (χ0) is 37.0. The van der Waals surface area contributed by atoms with Gasteiger partial charge in [0.25, 0.3) is 0 Å². The number of thiocarbonyl (C=S) groups is 2. The van der Waals surface area contributed by atoms with Gasteiger partial charge < -0.3 is 10.6 Å². The van der Waals surface area contributed by atoms with E-state index < -0.39 is 0 Å². The van der Waals surface area contributed by atoms with Crippen LogP contribution in [0.15, 0.2) is 191 Å². The molecule has 0 aromatic heterocycles. The summed E-state index contributed by atoms with van der Waals surface area (Å²) in [6.07, 6.45) is 0. The highest BCUT2D eigenvalue weighted by Gasteiger charge is 2.31. The third-order valence-corrected chi connectivity index (χ3v) is 10.1. The normalized spacial score (nSPS) is 15.9. The molecule has 0 saturated heterocycles. The van der Waals surface area contributed by atoms with Gasteiger partial charge >= 0.3 is 0 Å². The third-order valence-electron chi connectivity index (χ3n) is 9.33. The van der Waals surface area contributed by atoms with E-state index in [2.05, 4.69) is 71.3 Å². The fourth-order valence-electron chi connectivity index (χ4n) is 6.77. The van der Waals surface area contributed by atoms with Crippen molar-refractivity contribution in [2.45, 2.75) is 13.8 Å². The summed E-state index contributed by atoms with van der Waals surface area (Å²) in [6, 6.07) is 57.3. The molecule has 0 radical (unpaired) electrons. The summed E-state index contributed by atoms with van der Waals surface area (Å²) in [5, 5.41) is 21.2. The average molecular weight is 737 g/mol. The second-order valence-corrected chi connectivity index (χ2v) is 13.6. The molecule has 54 heavy (non-hydrogen) atoms. The van der Waals surface area contributed by atoms with Gasteiger partial charge in [0.15, 0.2) is 0 Å². The third kappa shape index (κ3) is 6.76. The number of para-hydroxylation sites is 4. The Kier molecular flexibility index (Phi) is 9.77. The van der Waals surface area contributed by atoms with Gasteiger partial charge in [-0.25, -0.2) is 10.0 Å². The van der Waals surface area contributed by atoms with Crippen LogP contribution >= 0.6 is 24.4 Å². The number of anilines is 4. The number of hydrogen-bond donors (Lipinski definition) is 2. The summed E-state index contributed by atoms with van der Waals surface area (Å²) < 4.78 is 0. The summed E-state index contributed by atoms with van der Waals surface area (Å²) in [7, 11) is 0. The molecule has 0 aliphatic carbocycles. The van der Waals surface area contributed by atoms with Gasteiger partial charge in [-0.2, -0.15) is 10.2 Å². The largest absolute Gasteiger partial charge is 0.354 e. The number of benzene rings is 6. The van der Waals surface area contributed by atoms with E-state index >= 15 is 0 Å². The van der Waals surface area contributed by atoms with Crippen molar-refractivity contribution in [2.75, 3.05) is 20.7 Å². The minimum absolute atomic E-state index is 0.637. The lowest BCUT2D eigenvalue weighted by atomic mass is 9.98. The molecule has 2 aliphatic heterocycles. The van der Waals surface area contributed by atoms with Crippen LogP contribution in [0.2, 0.25) is 0 Å². The van der Waals surface area contributed by atoms with Crippen LogP contribution in [-0.2, 0) is 0 Å². The van der Waals surface area contributed by atoms with E-state index in [1.165, 1.54) is 0 Å². The Hall–Kier alpha value is -6.48. The minimum Gasteiger partial charge on any atom is -0.354 e. The number of nitrogens with one attached hydrogen (secondary N) is 2. The lowest BCUT2D eigenvalue weighted by Crippen LogP contribution is -2.21. The molecule has 0 unspecified atom stereocenters. The first kappa shape index (κ1) is 34.6. The highest BCUT2D eigenvalue weighted by Crippen LogP contribution is 2.39. The van der Waals surface area contributed by atoms with Gasteiger partial charge in [-0.3, -0.25) is 0 Å². The monoisotopic (exact) mass is 736 g/mol. The molecule has 6 aromatic carbocycles. The van der Waals surface area contributed by atoms with Crippen LogP contribution in [0.25, 0.3) is 22.5 Å². The molecule has 2 N–H and O–H groups in total. The van der Waals surface area contributed by atoms with Crippen LogP contribution in [-0.4, -0.2) is 21.4 Å². The van der Waals surface area contributed by atoms with Gasteiger partial charge in [-0.1, -0.05) is 158 Å². The highest BCUT2D eigenvalue weighted by atomic mass is 32.1. The fraction of sp³-hybridized carbons (Fsp3) is 0.0435. The molecular formula is C46H36N6S2. The van der Waals surface area contributed by atoms with E-state index in [1.54, 1.807) is 0 Å². The quantitative estimate of drug-likeness (QED) is 0.114. The van der Waals surface area contributed by atoms with E-state index in [1.807, 2.05) is 133 Å². The second-order valence-electron chi connectivity index (χ2n) is 12.8. The minimum atomic E-state index is 0.637. The number of hydrogen-bond acceptors (Lipinski definition) is 6. The van der Waals surface area contributed by atoms with Gasteiger partial charge in [-0.15, -0.1) is 0 Å². The molecule has 8 heteroatoms. The maximum Gasteiger partial charge on any atom is 0.139 e. The van der Waals surface area contributed by atoms with Crippen LogP contribution in [0.4, 0.5) is 22.7 Å². The molecule has 0 spiro atoms. The maximum atomic E-state index is 6.14. The number of nitrogens with zero attached hydrogens (tertiary/aromatic N) is 4. The van der Waals surface area contributed by atoms with Crippen molar-refractivity contribution in [2.24, 2.45) is 10.2 Å². The first-order valence-electron chi connectivity index (χ1n) is 17.7. The van der Waals surface area contributed by atoms with E-state index in [9.17, 15) is 0 Å². The Morgan fingerprint density at radius 3 is 1.11 bits per heavy atom. The molecule has 0 amide bonds. The average Bonchev–Trinajstić information content (AvgIpc) is 3.69. The van der Waals surface area contributed by atoms with Crippen LogP contribution < -0.4 is 20.7 Å². The van der Waals surface area contributed by atoms with Gasteiger partial charge in [0.1, 0.15) is 9.98 Å². The van der Waals surface area contributed by atoms with Crippen molar-refractivity contribution < 1.29 is 0 Å². The summed E-state index contributed by atoms with van der Waals surface area (Å²) in [5.74, 6) is 0. The van der Waals surface area contributed by atoms with E-state index in [-0.39, 0.29) is 0 Å². The molecule has 2 heterocycles. The predicted molar refractivity (Wildman–Crippen MR) is 235 cm³/mol. The van der Waals surface area contributed by atoms with Crippen molar-refractivity contribution in [3.05, 3.63) is 192 Å². The second kappa shape index (κ2) is 15.2. The molecule has 0 atom stereocenters. The molecule has 0 bridgehead atoms. The van der Waals surface area contributed by atoms with Gasteiger partial charge in [0.2, 0.25) is 0 Å². The molecule has 8 rings (SSSR count). The first-order chi connectivity index (χ1) is 26.5. The highest BCUT2D eigenvalue weighted by molar-refractivity contribution is 7.81. The molecule has 262 valence electrons. The fourth-order valence-corrected chi connectivity index (χ4v) is 7.56. The van der Waals surface area contributed by atoms with Gasteiger partial charge in [0, 0.05) is 22.5 Å². The van der Waals surface area contributed by atoms with Crippen molar-refractivity contribution >= 4 is 80.0 Å². The van der Waals surface area contributed by atoms with Crippen molar-refractivity contribution in [3.63, 3.8) is 0 Å². The Bertz CT molecular complexity index is 2310. The number of rotatable bonds is 9. The number of hydrazone groups is 2. The van der Waals surface area contributed by atoms with E-state index in [0.29, 0.717) is 9.98 Å². The maximum absolute atomic E-state index is 6.14. The summed E-state index contributed by atoms with van der Waals surface area (Å²) >= 11 is 12.3. The lowest BCUT2D eigenvalue weighted by Gasteiger charge is -2.22. The zero-order valence-corrected chi connectivity index (χ0v) is 31.4. The summed E-state index contributed by atoms with van der Waals surface area (Å²) in [6.45, 7) is 4.02. The first-order valence-corrected chi connectivity index (χ1v) is 18.5. The Labute approximate surface area is 326 Å². The summed E-state index contributed by atoms with van der Waals surface area (Å²) in [4.78, 5) is 1.27. The van der Waals surface area contributed by atoms with Gasteiger partial charge in [-0.05, 0) is 61.4 Å². The Morgan fingerprint density at radius 2 is 0.741 bits per heavy atom. The van der Waals surface area contributed by atoms with Crippen LogP contribution in [0.1, 0.15) is 25.0 Å². The Balaban J connectivity index is 1.22. The molecule has 2 aliphatic rings. The predicted octanol–water partition coefficient (Wildman–Crippen LogP) is 11.4. The van der Waals surface area contributed by atoms with Crippen molar-refractivity contribution in [1.29, 1.82) is 0 Å². The van der Waals surface area contributed by atoms with Crippen LogP contribution in [0.5, 0.6) is 0 Å². The van der Waals surface area contributed by atoms with E-state index in [4.69, 9.17) is 34.6 Å². The van der Waals surface area contributed by atoms with E-state index in [0.717, 1.165) is 79.0 Å². The summed E-state index contributed by atoms with van der Waals surface area (Å²) in [5.41, 5.74) is 12.9. The van der Waals surface area contributed by atoms with Crippen molar-refractivity contribution in [1.82, 2.24) is 0 Å². The molecule has 6 nitrogen and oxygen atoms in total. The standard InChI is InChI=1S/C46H36N6S2/c1-31-41(45(53)51(49-31)35-23-11-5-12-24-35)43(33-19-7-3-8-20-33)47-39-29-17-15-27-37(39)38-28-16-18-30-40(38)48-44(34-21-9-4-10-22-34)42-32(2)50-52(46(42)54)36-25-13-6-14-26-36/h3-30,47-48H,1-2H3/b43-41-,44-42-. The molecular weight excluding hydrogens is 701 g/mol. The van der Waals surface area contributed by atoms with Crippen LogP contribution in [0.3, 0.4) is 0 Å². The SMILES string of the molecule is CC1=NN(c2ccccc2)C(=S)/C1=C(\Nc1ccccc1-c1ccccc1N/C(=C1\C(=S)N(c2ccccc2)N=C1C)c1ccccc1)c1ccccc1.